The van der Waals surface area contributed by atoms with Gasteiger partial charge in [0.1, 0.15) is 6.54 Å². The Kier molecular flexibility index (Phi) is 5.96. The van der Waals surface area contributed by atoms with E-state index in [9.17, 15) is 14.4 Å². The number of halogens is 1. The number of hydrogen-bond donors (Lipinski definition) is 2. The monoisotopic (exact) mass is 400 g/mol. The van der Waals surface area contributed by atoms with Crippen molar-refractivity contribution in [1.82, 2.24) is 20.0 Å². The van der Waals surface area contributed by atoms with Crippen LogP contribution in [0, 0.1) is 0 Å². The van der Waals surface area contributed by atoms with E-state index in [-0.39, 0.29) is 23.9 Å². The van der Waals surface area contributed by atoms with Crippen LogP contribution in [0.3, 0.4) is 0 Å². The SMILES string of the molecule is CN(C)[C@@H](CNC(=O)Cn1[nH]c(=O)c2ccccc2c1=O)c1ccccc1Cl. The number of likely N-dealkylation sites (N-methyl/N-ethyl adjacent to an activating group) is 1. The molecule has 0 unspecified atom stereocenters. The largest absolute Gasteiger partial charge is 0.353 e. The first-order valence-electron chi connectivity index (χ1n) is 8.78. The quantitative estimate of drug-likeness (QED) is 0.660. The molecule has 0 aliphatic carbocycles. The molecule has 0 bridgehead atoms. The number of amides is 1. The third-order valence-corrected chi connectivity index (χ3v) is 4.91. The van der Waals surface area contributed by atoms with Crippen molar-refractivity contribution in [3.63, 3.8) is 0 Å². The van der Waals surface area contributed by atoms with Crippen molar-refractivity contribution in [2.24, 2.45) is 0 Å². The van der Waals surface area contributed by atoms with Gasteiger partial charge in [0, 0.05) is 11.6 Å². The Balaban J connectivity index is 1.76. The number of fused-ring (bicyclic) bond motifs is 1. The number of carbonyl (C=O) groups is 1. The summed E-state index contributed by atoms with van der Waals surface area (Å²) in [7, 11) is 3.79. The summed E-state index contributed by atoms with van der Waals surface area (Å²) in [5.74, 6) is -0.382. The maximum absolute atomic E-state index is 12.5. The lowest BCUT2D eigenvalue weighted by Gasteiger charge is -2.26. The molecule has 3 aromatic rings. The molecule has 0 aliphatic heterocycles. The second-order valence-corrected chi connectivity index (χ2v) is 7.09. The Hall–Kier alpha value is -2.90. The molecule has 28 heavy (non-hydrogen) atoms. The number of carbonyl (C=O) groups excluding carboxylic acids is 1. The van der Waals surface area contributed by atoms with E-state index >= 15 is 0 Å². The van der Waals surface area contributed by atoms with E-state index in [1.54, 1.807) is 30.3 Å². The van der Waals surface area contributed by atoms with Gasteiger partial charge in [-0.05, 0) is 37.9 Å². The molecule has 0 saturated heterocycles. The fourth-order valence-electron chi connectivity index (χ4n) is 3.08. The number of aromatic amines is 1. The van der Waals surface area contributed by atoms with Gasteiger partial charge in [-0.3, -0.25) is 19.5 Å². The summed E-state index contributed by atoms with van der Waals surface area (Å²) in [6.45, 7) is 0.0315. The van der Waals surface area contributed by atoms with Crippen LogP contribution in [0.4, 0.5) is 0 Å². The Morgan fingerprint density at radius 1 is 1.11 bits per heavy atom. The van der Waals surface area contributed by atoms with Crippen molar-refractivity contribution in [3.8, 4) is 0 Å². The second-order valence-electron chi connectivity index (χ2n) is 6.68. The average molecular weight is 401 g/mol. The molecule has 1 atom stereocenters. The number of nitrogens with one attached hydrogen (secondary N) is 2. The van der Waals surface area contributed by atoms with Crippen LogP contribution in [-0.4, -0.2) is 41.2 Å². The van der Waals surface area contributed by atoms with Crippen molar-refractivity contribution in [2.75, 3.05) is 20.6 Å². The summed E-state index contributed by atoms with van der Waals surface area (Å²) in [6.07, 6.45) is 0. The van der Waals surface area contributed by atoms with Gasteiger partial charge in [0.25, 0.3) is 11.1 Å². The fraction of sp³-hybridized carbons (Fsp3) is 0.250. The predicted octanol–water partition coefficient (Wildman–Crippen LogP) is 1.76. The molecule has 0 spiro atoms. The van der Waals surface area contributed by atoms with Crippen LogP contribution in [0.2, 0.25) is 5.02 Å². The first kappa shape index (κ1) is 19.9. The molecule has 2 N–H and O–H groups in total. The van der Waals surface area contributed by atoms with Gasteiger partial charge in [0.05, 0.1) is 16.8 Å². The number of nitrogens with zero attached hydrogens (tertiary/aromatic N) is 2. The topological polar surface area (TPSA) is 87.2 Å². The van der Waals surface area contributed by atoms with Crippen LogP contribution in [-0.2, 0) is 11.3 Å². The lowest BCUT2D eigenvalue weighted by molar-refractivity contribution is -0.122. The molecule has 0 saturated carbocycles. The summed E-state index contributed by atoms with van der Waals surface area (Å²) in [4.78, 5) is 39.0. The van der Waals surface area contributed by atoms with Gasteiger partial charge in [-0.25, -0.2) is 4.68 Å². The van der Waals surface area contributed by atoms with E-state index in [0.717, 1.165) is 10.2 Å². The Morgan fingerprint density at radius 3 is 2.43 bits per heavy atom. The first-order chi connectivity index (χ1) is 13.4. The maximum atomic E-state index is 12.5. The molecule has 1 amide bonds. The van der Waals surface area contributed by atoms with E-state index in [0.29, 0.717) is 17.0 Å². The lowest BCUT2D eigenvalue weighted by Crippen LogP contribution is -2.39. The van der Waals surface area contributed by atoms with Crippen molar-refractivity contribution in [1.29, 1.82) is 0 Å². The molecule has 0 radical (unpaired) electrons. The standard InChI is InChI=1S/C20H21ClN4O3/c1-24(2)17(15-9-5-6-10-16(15)21)11-22-18(26)12-25-20(28)14-8-4-3-7-13(14)19(27)23-25/h3-10,17H,11-12H2,1-2H3,(H,22,26)(H,23,27)/t17-/m0/s1. The molecule has 146 valence electrons. The molecule has 8 heteroatoms. The fourth-order valence-corrected chi connectivity index (χ4v) is 3.35. The summed E-state index contributed by atoms with van der Waals surface area (Å²) in [5.41, 5.74) is 0.0663. The van der Waals surface area contributed by atoms with E-state index in [1.807, 2.05) is 37.2 Å². The number of benzene rings is 2. The molecule has 7 nitrogen and oxygen atoms in total. The second kappa shape index (κ2) is 8.41. The third-order valence-electron chi connectivity index (χ3n) is 4.57. The molecule has 0 fully saturated rings. The molecule has 1 aromatic heterocycles. The number of aromatic nitrogens is 2. The van der Waals surface area contributed by atoms with Gasteiger partial charge >= 0.3 is 0 Å². The average Bonchev–Trinajstić information content (AvgIpc) is 2.67. The third kappa shape index (κ3) is 4.16. The van der Waals surface area contributed by atoms with Gasteiger partial charge in [0.2, 0.25) is 5.91 Å². The molecule has 1 heterocycles. The minimum Gasteiger partial charge on any atom is -0.353 e. The van der Waals surface area contributed by atoms with Gasteiger partial charge in [-0.1, -0.05) is 41.9 Å². The summed E-state index contributed by atoms with van der Waals surface area (Å²) >= 11 is 6.28. The number of H-pyrrole nitrogens is 1. The van der Waals surface area contributed by atoms with Gasteiger partial charge in [-0.2, -0.15) is 0 Å². The van der Waals surface area contributed by atoms with Gasteiger partial charge in [-0.15, -0.1) is 0 Å². The van der Waals surface area contributed by atoms with E-state index < -0.39 is 11.1 Å². The van der Waals surface area contributed by atoms with Gasteiger partial charge in [0.15, 0.2) is 0 Å². The molecule has 2 aromatic carbocycles. The minimum atomic E-state index is -0.416. The highest BCUT2D eigenvalue weighted by molar-refractivity contribution is 6.31. The van der Waals surface area contributed by atoms with Crippen molar-refractivity contribution >= 4 is 28.3 Å². The molecular weight excluding hydrogens is 380 g/mol. The predicted molar refractivity (Wildman–Crippen MR) is 110 cm³/mol. The highest BCUT2D eigenvalue weighted by Gasteiger charge is 2.18. The van der Waals surface area contributed by atoms with Crippen LogP contribution in [0.25, 0.3) is 10.8 Å². The normalized spacial score (nSPS) is 12.3. The highest BCUT2D eigenvalue weighted by Crippen LogP contribution is 2.25. The van der Waals surface area contributed by atoms with E-state index in [1.165, 1.54) is 0 Å². The smallest absolute Gasteiger partial charge is 0.273 e. The summed E-state index contributed by atoms with van der Waals surface area (Å²) in [5, 5.41) is 6.47. The molecule has 0 aliphatic rings. The summed E-state index contributed by atoms with van der Waals surface area (Å²) < 4.78 is 1.03. The zero-order chi connectivity index (χ0) is 20.3. The zero-order valence-corrected chi connectivity index (χ0v) is 16.4. The maximum Gasteiger partial charge on any atom is 0.273 e. The lowest BCUT2D eigenvalue weighted by atomic mass is 10.1. The molecule has 3 rings (SSSR count). The molecular formula is C20H21ClN4O3. The van der Waals surface area contributed by atoms with Gasteiger partial charge < -0.3 is 10.2 Å². The highest BCUT2D eigenvalue weighted by atomic mass is 35.5. The first-order valence-corrected chi connectivity index (χ1v) is 9.15. The van der Waals surface area contributed by atoms with Crippen LogP contribution >= 0.6 is 11.6 Å². The minimum absolute atomic E-state index is 0.134. The van der Waals surface area contributed by atoms with Crippen LogP contribution in [0.1, 0.15) is 11.6 Å². The Labute approximate surface area is 166 Å². The van der Waals surface area contributed by atoms with Crippen molar-refractivity contribution in [3.05, 3.63) is 79.8 Å². The van der Waals surface area contributed by atoms with E-state index in [2.05, 4.69) is 10.4 Å². The van der Waals surface area contributed by atoms with Crippen LogP contribution < -0.4 is 16.4 Å². The van der Waals surface area contributed by atoms with Crippen molar-refractivity contribution < 1.29 is 4.79 Å². The van der Waals surface area contributed by atoms with Crippen molar-refractivity contribution in [2.45, 2.75) is 12.6 Å². The Morgan fingerprint density at radius 2 is 1.75 bits per heavy atom. The van der Waals surface area contributed by atoms with E-state index in [4.69, 9.17) is 11.6 Å². The van der Waals surface area contributed by atoms with Crippen LogP contribution in [0.5, 0.6) is 0 Å². The summed E-state index contributed by atoms with van der Waals surface area (Å²) in [6, 6.07) is 13.8. The number of rotatable bonds is 6. The Bertz CT molecular complexity index is 1120. The van der Waals surface area contributed by atoms with Crippen LogP contribution in [0.15, 0.2) is 58.1 Å². The number of hydrogen-bond acceptors (Lipinski definition) is 4. The zero-order valence-electron chi connectivity index (χ0n) is 15.6.